The van der Waals surface area contributed by atoms with E-state index < -0.39 is 17.2 Å². The van der Waals surface area contributed by atoms with Crippen LogP contribution in [0.3, 0.4) is 0 Å². The highest BCUT2D eigenvalue weighted by Gasteiger charge is 2.14. The first-order valence-corrected chi connectivity index (χ1v) is 6.92. The van der Waals surface area contributed by atoms with E-state index in [1.54, 1.807) is 0 Å². The Hall–Kier alpha value is -2.67. The molecule has 21 heavy (non-hydrogen) atoms. The number of thiophene rings is 1. The quantitative estimate of drug-likeness (QED) is 0.719. The van der Waals surface area contributed by atoms with Crippen LogP contribution in [0.25, 0.3) is 10.2 Å². The van der Waals surface area contributed by atoms with E-state index in [-0.39, 0.29) is 16.9 Å². The molecule has 0 unspecified atom stereocenters. The predicted octanol–water partition coefficient (Wildman–Crippen LogP) is 1.63. The van der Waals surface area contributed by atoms with Crippen LogP contribution in [0.5, 0.6) is 0 Å². The van der Waals surface area contributed by atoms with Crippen LogP contribution in [0, 0.1) is 0 Å². The third-order valence-corrected chi connectivity index (χ3v) is 3.88. The van der Waals surface area contributed by atoms with Gasteiger partial charge in [0.15, 0.2) is 0 Å². The summed E-state index contributed by atoms with van der Waals surface area (Å²) in [4.78, 5) is 40.0. The maximum atomic E-state index is 12.0. The van der Waals surface area contributed by atoms with Gasteiger partial charge in [-0.05, 0) is 11.6 Å². The molecule has 3 rings (SSSR count). The van der Waals surface area contributed by atoms with Gasteiger partial charge in [-0.15, -0.1) is 11.3 Å². The summed E-state index contributed by atoms with van der Waals surface area (Å²) in [6, 6.07) is 10.7. The SMILES string of the molecule is O=C(OCc1ccccc1)c1cc2c(=O)[nH]c(=O)[nH]c2s1. The molecule has 0 saturated carbocycles. The van der Waals surface area contributed by atoms with Gasteiger partial charge in [-0.2, -0.15) is 0 Å². The summed E-state index contributed by atoms with van der Waals surface area (Å²) in [7, 11) is 0. The molecule has 0 aliphatic carbocycles. The molecule has 0 fully saturated rings. The number of esters is 1. The van der Waals surface area contributed by atoms with Crippen molar-refractivity contribution in [3.8, 4) is 0 Å². The zero-order chi connectivity index (χ0) is 14.8. The normalized spacial score (nSPS) is 10.7. The lowest BCUT2D eigenvalue weighted by Crippen LogP contribution is -2.20. The molecular formula is C14H10N2O4S. The van der Waals surface area contributed by atoms with Crippen LogP contribution in [0.2, 0.25) is 0 Å². The molecule has 0 amide bonds. The summed E-state index contributed by atoms with van der Waals surface area (Å²) in [5, 5.41) is 0.270. The molecule has 0 saturated heterocycles. The van der Waals surface area contributed by atoms with Crippen LogP contribution in [0.1, 0.15) is 15.2 Å². The lowest BCUT2D eigenvalue weighted by molar-refractivity contribution is 0.0478. The van der Waals surface area contributed by atoms with Gasteiger partial charge in [0.05, 0.1) is 5.39 Å². The predicted molar refractivity (Wildman–Crippen MR) is 78.6 cm³/mol. The molecule has 6 nitrogen and oxygen atoms in total. The standard InChI is InChI=1S/C14H10N2O4S/c17-11-9-6-10(21-12(9)16-14(19)15-11)13(18)20-7-8-4-2-1-3-5-8/h1-6H,7H2,(H2,15,16,17,19). The number of rotatable bonds is 3. The molecule has 0 spiro atoms. The average molecular weight is 302 g/mol. The molecule has 0 radical (unpaired) electrons. The number of H-pyrrole nitrogens is 2. The van der Waals surface area contributed by atoms with E-state index in [4.69, 9.17) is 4.74 Å². The van der Waals surface area contributed by atoms with Crippen LogP contribution in [0.4, 0.5) is 0 Å². The van der Waals surface area contributed by atoms with E-state index in [0.717, 1.165) is 16.9 Å². The number of benzene rings is 1. The third kappa shape index (κ3) is 2.77. The highest BCUT2D eigenvalue weighted by Crippen LogP contribution is 2.21. The maximum absolute atomic E-state index is 12.0. The van der Waals surface area contributed by atoms with E-state index in [2.05, 4.69) is 9.97 Å². The van der Waals surface area contributed by atoms with Crippen LogP contribution in [-0.4, -0.2) is 15.9 Å². The number of carbonyl (C=O) groups is 1. The summed E-state index contributed by atoms with van der Waals surface area (Å²) >= 11 is 1.02. The molecular weight excluding hydrogens is 292 g/mol. The second kappa shape index (κ2) is 5.37. The Bertz CT molecular complexity index is 908. The van der Waals surface area contributed by atoms with Gasteiger partial charge in [-0.25, -0.2) is 9.59 Å². The molecule has 0 aliphatic rings. The molecule has 2 aromatic heterocycles. The fourth-order valence-electron chi connectivity index (χ4n) is 1.85. The highest BCUT2D eigenvalue weighted by molar-refractivity contribution is 7.20. The molecule has 2 N–H and O–H groups in total. The Labute approximate surface area is 122 Å². The number of hydrogen-bond acceptors (Lipinski definition) is 5. The van der Waals surface area contributed by atoms with Crippen molar-refractivity contribution >= 4 is 27.5 Å². The first kappa shape index (κ1) is 13.3. The van der Waals surface area contributed by atoms with E-state index >= 15 is 0 Å². The molecule has 1 aromatic carbocycles. The minimum absolute atomic E-state index is 0.154. The summed E-state index contributed by atoms with van der Waals surface area (Å²) in [6.45, 7) is 0.154. The Morgan fingerprint density at radius 2 is 1.90 bits per heavy atom. The molecule has 0 atom stereocenters. The van der Waals surface area contributed by atoms with Gasteiger partial charge in [0.25, 0.3) is 5.56 Å². The number of fused-ring (bicyclic) bond motifs is 1. The van der Waals surface area contributed by atoms with Crippen molar-refractivity contribution < 1.29 is 9.53 Å². The number of hydrogen-bond donors (Lipinski definition) is 2. The van der Waals surface area contributed by atoms with Gasteiger partial charge in [0, 0.05) is 0 Å². The lowest BCUT2D eigenvalue weighted by Gasteiger charge is -2.02. The molecule has 0 bridgehead atoms. The number of nitrogens with one attached hydrogen (secondary N) is 2. The van der Waals surface area contributed by atoms with Gasteiger partial charge in [0.1, 0.15) is 16.3 Å². The largest absolute Gasteiger partial charge is 0.457 e. The second-order valence-corrected chi connectivity index (χ2v) is 5.38. The molecule has 2 heterocycles. The number of ether oxygens (including phenoxy) is 1. The van der Waals surface area contributed by atoms with Crippen LogP contribution >= 0.6 is 11.3 Å². The lowest BCUT2D eigenvalue weighted by atomic mass is 10.2. The average Bonchev–Trinajstić information content (AvgIpc) is 2.90. The van der Waals surface area contributed by atoms with E-state index in [1.165, 1.54) is 6.07 Å². The van der Waals surface area contributed by atoms with Crippen molar-refractivity contribution in [2.45, 2.75) is 6.61 Å². The van der Waals surface area contributed by atoms with Crippen molar-refractivity contribution in [2.75, 3.05) is 0 Å². The summed E-state index contributed by atoms with van der Waals surface area (Å²) in [5.41, 5.74) is -0.246. The monoisotopic (exact) mass is 302 g/mol. The highest BCUT2D eigenvalue weighted by atomic mass is 32.1. The Kier molecular flexibility index (Phi) is 3.41. The van der Waals surface area contributed by atoms with Gasteiger partial charge in [-0.1, -0.05) is 30.3 Å². The Morgan fingerprint density at radius 3 is 2.67 bits per heavy atom. The third-order valence-electron chi connectivity index (χ3n) is 2.84. The van der Waals surface area contributed by atoms with Crippen molar-refractivity contribution in [1.82, 2.24) is 9.97 Å². The van der Waals surface area contributed by atoms with Crippen molar-refractivity contribution in [1.29, 1.82) is 0 Å². The molecule has 3 aromatic rings. The number of aromatic nitrogens is 2. The second-order valence-electron chi connectivity index (χ2n) is 4.32. The summed E-state index contributed by atoms with van der Waals surface area (Å²) < 4.78 is 5.18. The van der Waals surface area contributed by atoms with Crippen molar-refractivity contribution in [2.24, 2.45) is 0 Å². The smallest absolute Gasteiger partial charge is 0.348 e. The van der Waals surface area contributed by atoms with Crippen LogP contribution in [0.15, 0.2) is 46.0 Å². The maximum Gasteiger partial charge on any atom is 0.348 e. The Balaban J connectivity index is 1.83. The number of aromatic amines is 2. The molecule has 106 valence electrons. The molecule has 7 heteroatoms. The zero-order valence-corrected chi connectivity index (χ0v) is 11.5. The van der Waals surface area contributed by atoms with Gasteiger partial charge < -0.3 is 4.74 Å². The summed E-state index contributed by atoms with van der Waals surface area (Å²) in [5.74, 6) is -0.527. The minimum atomic E-state index is -0.599. The molecule has 0 aliphatic heterocycles. The fraction of sp³-hybridized carbons (Fsp3) is 0.0714. The first-order valence-electron chi connectivity index (χ1n) is 6.11. The van der Waals surface area contributed by atoms with Crippen LogP contribution in [-0.2, 0) is 11.3 Å². The summed E-state index contributed by atoms with van der Waals surface area (Å²) in [6.07, 6.45) is 0. The topological polar surface area (TPSA) is 92.0 Å². The van der Waals surface area contributed by atoms with Gasteiger partial charge in [-0.3, -0.25) is 14.8 Å². The van der Waals surface area contributed by atoms with Gasteiger partial charge >= 0.3 is 11.7 Å². The van der Waals surface area contributed by atoms with Crippen molar-refractivity contribution in [3.05, 3.63) is 67.7 Å². The van der Waals surface area contributed by atoms with E-state index in [9.17, 15) is 14.4 Å². The fourth-order valence-corrected chi connectivity index (χ4v) is 2.80. The minimum Gasteiger partial charge on any atom is -0.457 e. The zero-order valence-electron chi connectivity index (χ0n) is 10.7. The van der Waals surface area contributed by atoms with Gasteiger partial charge in [0.2, 0.25) is 0 Å². The number of carbonyl (C=O) groups excluding carboxylic acids is 1. The van der Waals surface area contributed by atoms with Crippen LogP contribution < -0.4 is 11.2 Å². The first-order chi connectivity index (χ1) is 10.1. The van der Waals surface area contributed by atoms with E-state index in [0.29, 0.717) is 4.83 Å². The Morgan fingerprint density at radius 1 is 1.14 bits per heavy atom. The van der Waals surface area contributed by atoms with E-state index in [1.807, 2.05) is 30.3 Å². The van der Waals surface area contributed by atoms with Crippen molar-refractivity contribution in [3.63, 3.8) is 0 Å².